The molecule has 0 amide bonds. The van der Waals surface area contributed by atoms with Crippen LogP contribution in [0.1, 0.15) is 23.5 Å². The number of para-hydroxylation sites is 1. The maximum absolute atomic E-state index is 5.61. The minimum absolute atomic E-state index is 0.481. The summed E-state index contributed by atoms with van der Waals surface area (Å²) in [7, 11) is 5.09. The molecule has 138 valence electrons. The first kappa shape index (κ1) is 18.3. The Morgan fingerprint density at radius 3 is 2.50 bits per heavy atom. The lowest BCUT2D eigenvalue weighted by molar-refractivity contribution is 0.346. The second-order valence-electron chi connectivity index (χ2n) is 6.50. The lowest BCUT2D eigenvalue weighted by Crippen LogP contribution is -2.20. The Morgan fingerprint density at radius 1 is 1.00 bits per heavy atom. The third kappa shape index (κ3) is 4.20. The van der Waals surface area contributed by atoms with Crippen molar-refractivity contribution < 1.29 is 14.2 Å². The van der Waals surface area contributed by atoms with Gasteiger partial charge in [-0.2, -0.15) is 0 Å². The van der Waals surface area contributed by atoms with Crippen LogP contribution in [-0.2, 0) is 0 Å². The van der Waals surface area contributed by atoms with Crippen LogP contribution in [0.4, 0.5) is 0 Å². The number of methoxy groups -OCH3 is 3. The van der Waals surface area contributed by atoms with Gasteiger partial charge in [0.25, 0.3) is 0 Å². The number of hydrogen-bond donors (Lipinski definition) is 0. The van der Waals surface area contributed by atoms with Crippen LogP contribution in [0.2, 0.25) is 0 Å². The fraction of sp³-hybridized carbons (Fsp3) is 0.364. The Labute approximate surface area is 156 Å². The second kappa shape index (κ2) is 8.77. The molecule has 0 bridgehead atoms. The molecule has 1 atom stereocenters. The Hall–Kier alpha value is -2.46. The molecule has 0 N–H and O–H groups in total. The summed E-state index contributed by atoms with van der Waals surface area (Å²) in [5.41, 5.74) is 2.43. The van der Waals surface area contributed by atoms with E-state index in [0.717, 1.165) is 43.3 Å². The first-order valence-corrected chi connectivity index (χ1v) is 8.99. The number of rotatable bonds is 7. The third-order valence-electron chi connectivity index (χ3n) is 4.94. The van der Waals surface area contributed by atoms with E-state index in [2.05, 4.69) is 35.3 Å². The molecule has 1 unspecified atom stereocenters. The number of likely N-dealkylation sites (tertiary alicyclic amines) is 1. The van der Waals surface area contributed by atoms with Gasteiger partial charge in [-0.15, -0.1) is 0 Å². The Balaban J connectivity index is 1.59. The van der Waals surface area contributed by atoms with Gasteiger partial charge in [-0.1, -0.05) is 36.4 Å². The molecule has 2 aromatic rings. The van der Waals surface area contributed by atoms with Crippen molar-refractivity contribution in [1.82, 2.24) is 4.90 Å². The van der Waals surface area contributed by atoms with Crippen molar-refractivity contribution in [2.45, 2.75) is 12.3 Å². The van der Waals surface area contributed by atoms with Crippen molar-refractivity contribution in [3.05, 3.63) is 59.7 Å². The molecule has 1 heterocycles. The zero-order chi connectivity index (χ0) is 18.4. The van der Waals surface area contributed by atoms with Crippen molar-refractivity contribution >= 4 is 6.08 Å². The molecule has 1 aliphatic rings. The van der Waals surface area contributed by atoms with Gasteiger partial charge in [0.1, 0.15) is 5.75 Å². The van der Waals surface area contributed by atoms with Gasteiger partial charge in [0, 0.05) is 24.6 Å². The van der Waals surface area contributed by atoms with Crippen molar-refractivity contribution in [2.24, 2.45) is 0 Å². The first-order chi connectivity index (χ1) is 12.7. The van der Waals surface area contributed by atoms with E-state index in [4.69, 9.17) is 14.2 Å². The van der Waals surface area contributed by atoms with E-state index in [1.807, 2.05) is 24.3 Å². The van der Waals surface area contributed by atoms with Gasteiger partial charge < -0.3 is 14.2 Å². The largest absolute Gasteiger partial charge is 0.497 e. The number of hydrogen-bond acceptors (Lipinski definition) is 4. The van der Waals surface area contributed by atoms with Crippen molar-refractivity contribution in [3.8, 4) is 17.2 Å². The van der Waals surface area contributed by atoms with E-state index in [1.165, 1.54) is 11.1 Å². The highest BCUT2D eigenvalue weighted by Crippen LogP contribution is 2.39. The fourth-order valence-electron chi connectivity index (χ4n) is 3.54. The number of ether oxygens (including phenoxy) is 3. The Morgan fingerprint density at radius 2 is 1.81 bits per heavy atom. The van der Waals surface area contributed by atoms with Crippen molar-refractivity contribution in [2.75, 3.05) is 41.0 Å². The van der Waals surface area contributed by atoms with E-state index < -0.39 is 0 Å². The quantitative estimate of drug-likeness (QED) is 0.746. The molecule has 0 aromatic heterocycles. The van der Waals surface area contributed by atoms with Crippen LogP contribution in [0.5, 0.6) is 17.2 Å². The zero-order valence-electron chi connectivity index (χ0n) is 15.8. The van der Waals surface area contributed by atoms with Crippen LogP contribution < -0.4 is 14.2 Å². The molecule has 0 spiro atoms. The summed E-state index contributed by atoms with van der Waals surface area (Å²) in [4.78, 5) is 2.48. The van der Waals surface area contributed by atoms with Crippen molar-refractivity contribution in [1.29, 1.82) is 0 Å². The van der Waals surface area contributed by atoms with Crippen LogP contribution >= 0.6 is 0 Å². The lowest BCUT2D eigenvalue weighted by Gasteiger charge is -2.18. The molecule has 26 heavy (non-hydrogen) atoms. The van der Waals surface area contributed by atoms with Gasteiger partial charge in [0.2, 0.25) is 0 Å². The molecule has 4 nitrogen and oxygen atoms in total. The molecule has 2 aromatic carbocycles. The minimum atomic E-state index is 0.481. The van der Waals surface area contributed by atoms with Crippen LogP contribution in [0.15, 0.2) is 48.5 Å². The molecule has 3 rings (SSSR count). The van der Waals surface area contributed by atoms with Gasteiger partial charge in [-0.05, 0) is 36.7 Å². The van der Waals surface area contributed by atoms with Crippen LogP contribution in [0.25, 0.3) is 6.08 Å². The molecular formula is C22H27NO3. The Kier molecular flexibility index (Phi) is 6.18. The predicted molar refractivity (Wildman–Crippen MR) is 105 cm³/mol. The van der Waals surface area contributed by atoms with Gasteiger partial charge in [-0.3, -0.25) is 4.90 Å². The third-order valence-corrected chi connectivity index (χ3v) is 4.94. The van der Waals surface area contributed by atoms with Crippen LogP contribution in [0.3, 0.4) is 0 Å². The molecular weight excluding hydrogens is 326 g/mol. The van der Waals surface area contributed by atoms with E-state index in [-0.39, 0.29) is 0 Å². The van der Waals surface area contributed by atoms with Crippen molar-refractivity contribution in [3.63, 3.8) is 0 Å². The summed E-state index contributed by atoms with van der Waals surface area (Å²) in [5, 5.41) is 0. The minimum Gasteiger partial charge on any atom is -0.497 e. The topological polar surface area (TPSA) is 30.9 Å². The zero-order valence-corrected chi connectivity index (χ0v) is 15.8. The maximum atomic E-state index is 5.61. The van der Waals surface area contributed by atoms with Gasteiger partial charge in [0.05, 0.1) is 21.3 Å². The van der Waals surface area contributed by atoms with E-state index >= 15 is 0 Å². The highest BCUT2D eigenvalue weighted by atomic mass is 16.5. The maximum Gasteiger partial charge on any atom is 0.164 e. The molecule has 1 aliphatic heterocycles. The molecule has 1 fully saturated rings. The normalized spacial score (nSPS) is 17.6. The molecule has 1 saturated heterocycles. The predicted octanol–water partition coefficient (Wildman–Crippen LogP) is 4.22. The number of benzene rings is 2. The number of nitrogens with zero attached hydrogens (tertiary/aromatic N) is 1. The summed E-state index contributed by atoms with van der Waals surface area (Å²) in [6.45, 7) is 3.09. The SMILES string of the molecule is COc1ccc(C=CCN2CCC(c3cccc(OC)c3OC)C2)cc1. The summed E-state index contributed by atoms with van der Waals surface area (Å²) < 4.78 is 16.2. The first-order valence-electron chi connectivity index (χ1n) is 8.99. The summed E-state index contributed by atoms with van der Waals surface area (Å²) >= 11 is 0. The molecule has 0 aliphatic carbocycles. The summed E-state index contributed by atoms with van der Waals surface area (Å²) in [6.07, 6.45) is 5.53. The smallest absolute Gasteiger partial charge is 0.164 e. The lowest BCUT2D eigenvalue weighted by atomic mass is 9.97. The second-order valence-corrected chi connectivity index (χ2v) is 6.50. The average molecular weight is 353 g/mol. The summed E-state index contributed by atoms with van der Waals surface area (Å²) in [6, 6.07) is 14.3. The molecule has 0 radical (unpaired) electrons. The fourth-order valence-corrected chi connectivity index (χ4v) is 3.54. The Bertz CT molecular complexity index is 740. The van der Waals surface area contributed by atoms with E-state index in [9.17, 15) is 0 Å². The van der Waals surface area contributed by atoms with Gasteiger partial charge in [-0.25, -0.2) is 0 Å². The summed E-state index contributed by atoms with van der Waals surface area (Å²) in [5.74, 6) is 3.05. The average Bonchev–Trinajstić information content (AvgIpc) is 3.16. The van der Waals surface area contributed by atoms with E-state index in [0.29, 0.717) is 5.92 Å². The van der Waals surface area contributed by atoms with Gasteiger partial charge >= 0.3 is 0 Å². The van der Waals surface area contributed by atoms with Gasteiger partial charge in [0.15, 0.2) is 11.5 Å². The highest BCUT2D eigenvalue weighted by Gasteiger charge is 2.26. The van der Waals surface area contributed by atoms with Crippen LogP contribution in [0, 0.1) is 0 Å². The van der Waals surface area contributed by atoms with Crippen LogP contribution in [-0.4, -0.2) is 45.9 Å². The molecule has 4 heteroatoms. The van der Waals surface area contributed by atoms with E-state index in [1.54, 1.807) is 21.3 Å². The standard InChI is InChI=1S/C22H27NO3/c1-24-19-11-9-17(10-12-19)6-5-14-23-15-13-18(16-23)20-7-4-8-21(25-2)22(20)26-3/h4-12,18H,13-16H2,1-3H3. The monoisotopic (exact) mass is 353 g/mol. The molecule has 0 saturated carbocycles. The highest BCUT2D eigenvalue weighted by molar-refractivity contribution is 5.51.